The van der Waals surface area contributed by atoms with Gasteiger partial charge in [-0.2, -0.15) is 0 Å². The number of ether oxygens (including phenoxy) is 2. The molecule has 0 aromatic heterocycles. The highest BCUT2D eigenvalue weighted by Crippen LogP contribution is 2.28. The summed E-state index contributed by atoms with van der Waals surface area (Å²) in [6.45, 7) is -0.545. The Kier molecular flexibility index (Phi) is 4.17. The first-order chi connectivity index (χ1) is 9.45. The van der Waals surface area contributed by atoms with Crippen molar-refractivity contribution in [2.75, 3.05) is 6.61 Å². The normalized spacial score (nSPS) is 35.8. The van der Waals surface area contributed by atoms with Crippen LogP contribution in [0.4, 0.5) is 0 Å². The SMILES string of the molecule is [2H]c1cccc(OC2O[C@H](CO)[C@H](O)[C@H](O)[C@H]2O)c1Cl. The molecule has 6 nitrogen and oxygen atoms in total. The molecule has 0 aliphatic carbocycles. The van der Waals surface area contributed by atoms with Crippen LogP contribution in [0.5, 0.6) is 5.75 Å². The number of halogens is 1. The molecule has 1 unspecified atom stereocenters. The van der Waals surface area contributed by atoms with Crippen LogP contribution in [0.25, 0.3) is 0 Å². The molecule has 1 heterocycles. The standard InChI is InChI=1S/C12H15ClO6/c13-6-3-1-2-4-7(6)18-12-11(17)10(16)9(15)8(5-14)19-12/h1-4,8-12,14-17H,5H2/t8-,9+,10+,11-,12?/m1/s1/i3D. The summed E-state index contributed by atoms with van der Waals surface area (Å²) in [7, 11) is 0. The molecule has 0 spiro atoms. The molecular weight excluding hydrogens is 276 g/mol. The molecule has 0 amide bonds. The third-order valence-electron chi connectivity index (χ3n) is 2.86. The largest absolute Gasteiger partial charge is 0.460 e. The maximum atomic E-state index is 9.81. The average Bonchev–Trinajstić information content (AvgIpc) is 2.44. The highest BCUT2D eigenvalue weighted by molar-refractivity contribution is 6.32. The first kappa shape index (κ1) is 13.1. The van der Waals surface area contributed by atoms with E-state index in [1.807, 2.05) is 0 Å². The minimum Gasteiger partial charge on any atom is -0.460 e. The minimum absolute atomic E-state index is 0.0319. The lowest BCUT2D eigenvalue weighted by atomic mass is 9.99. The van der Waals surface area contributed by atoms with E-state index in [1.54, 1.807) is 0 Å². The monoisotopic (exact) mass is 291 g/mol. The summed E-state index contributed by atoms with van der Waals surface area (Å²) >= 11 is 5.88. The van der Waals surface area contributed by atoms with Gasteiger partial charge >= 0.3 is 0 Å². The molecule has 5 atom stereocenters. The van der Waals surface area contributed by atoms with E-state index < -0.39 is 37.3 Å². The molecule has 1 aliphatic heterocycles. The predicted octanol–water partition coefficient (Wildman–Crippen LogP) is -0.481. The van der Waals surface area contributed by atoms with E-state index in [2.05, 4.69) is 0 Å². The fourth-order valence-electron chi connectivity index (χ4n) is 1.78. The number of aliphatic hydroxyl groups excluding tert-OH is 4. The molecule has 1 fully saturated rings. The van der Waals surface area contributed by atoms with Crippen molar-refractivity contribution in [1.82, 2.24) is 0 Å². The summed E-state index contributed by atoms with van der Waals surface area (Å²) in [5, 5.41) is 38.2. The zero-order chi connectivity index (χ0) is 14.9. The topological polar surface area (TPSA) is 99.4 Å². The molecule has 1 aromatic carbocycles. The van der Waals surface area contributed by atoms with Crippen molar-refractivity contribution in [3.63, 3.8) is 0 Å². The third kappa shape index (κ3) is 3.00. The van der Waals surface area contributed by atoms with Crippen LogP contribution in [-0.2, 0) is 4.74 Å². The van der Waals surface area contributed by atoms with Gasteiger partial charge in [-0.25, -0.2) is 0 Å². The lowest BCUT2D eigenvalue weighted by Crippen LogP contribution is -2.60. The van der Waals surface area contributed by atoms with Gasteiger partial charge in [0.05, 0.1) is 13.0 Å². The smallest absolute Gasteiger partial charge is 0.229 e. The molecular formula is C12H15ClO6. The van der Waals surface area contributed by atoms with Gasteiger partial charge in [0, 0.05) is 0 Å². The van der Waals surface area contributed by atoms with Gasteiger partial charge in [0.15, 0.2) is 0 Å². The van der Waals surface area contributed by atoms with Crippen LogP contribution in [0.1, 0.15) is 1.37 Å². The Morgan fingerprint density at radius 3 is 2.68 bits per heavy atom. The Labute approximate surface area is 116 Å². The molecule has 0 bridgehead atoms. The maximum absolute atomic E-state index is 9.81. The molecule has 1 saturated heterocycles. The van der Waals surface area contributed by atoms with Gasteiger partial charge in [0.1, 0.15) is 30.2 Å². The van der Waals surface area contributed by atoms with Gasteiger partial charge in [-0.1, -0.05) is 23.7 Å². The highest BCUT2D eigenvalue weighted by Gasteiger charge is 2.44. The van der Waals surface area contributed by atoms with Crippen LogP contribution >= 0.6 is 11.6 Å². The van der Waals surface area contributed by atoms with Gasteiger partial charge < -0.3 is 29.9 Å². The van der Waals surface area contributed by atoms with Crippen molar-refractivity contribution in [3.05, 3.63) is 29.3 Å². The van der Waals surface area contributed by atoms with Crippen molar-refractivity contribution in [2.45, 2.75) is 30.7 Å². The Bertz CT molecular complexity index is 471. The van der Waals surface area contributed by atoms with Gasteiger partial charge in [0.25, 0.3) is 0 Å². The number of benzene rings is 1. The fraction of sp³-hybridized carbons (Fsp3) is 0.500. The number of rotatable bonds is 3. The number of hydrogen-bond acceptors (Lipinski definition) is 6. The number of aliphatic hydroxyl groups is 4. The van der Waals surface area contributed by atoms with E-state index in [0.29, 0.717) is 0 Å². The van der Waals surface area contributed by atoms with Gasteiger partial charge in [0.2, 0.25) is 6.29 Å². The Morgan fingerprint density at radius 2 is 2.00 bits per heavy atom. The summed E-state index contributed by atoms with van der Waals surface area (Å²) in [4.78, 5) is 0. The lowest BCUT2D eigenvalue weighted by molar-refractivity contribution is -0.277. The molecule has 1 aliphatic rings. The van der Waals surface area contributed by atoms with Crippen LogP contribution in [0.15, 0.2) is 24.2 Å². The maximum Gasteiger partial charge on any atom is 0.229 e. The first-order valence-electron chi connectivity index (χ1n) is 6.18. The van der Waals surface area contributed by atoms with Crippen LogP contribution in [0.2, 0.25) is 5.02 Å². The third-order valence-corrected chi connectivity index (χ3v) is 3.16. The van der Waals surface area contributed by atoms with E-state index >= 15 is 0 Å². The summed E-state index contributed by atoms with van der Waals surface area (Å²) < 4.78 is 18.0. The predicted molar refractivity (Wildman–Crippen MR) is 65.8 cm³/mol. The molecule has 106 valence electrons. The summed E-state index contributed by atoms with van der Waals surface area (Å²) in [5.41, 5.74) is 0. The van der Waals surface area contributed by atoms with E-state index in [0.717, 1.165) is 0 Å². The average molecular weight is 292 g/mol. The zero-order valence-corrected chi connectivity index (χ0v) is 10.6. The first-order valence-corrected chi connectivity index (χ1v) is 6.05. The van der Waals surface area contributed by atoms with E-state index in [-0.39, 0.29) is 16.8 Å². The van der Waals surface area contributed by atoms with Crippen molar-refractivity contribution >= 4 is 11.6 Å². The van der Waals surface area contributed by atoms with Crippen LogP contribution < -0.4 is 4.74 Å². The van der Waals surface area contributed by atoms with Gasteiger partial charge in [-0.15, -0.1) is 0 Å². The summed E-state index contributed by atoms with van der Waals surface area (Å²) in [6, 6.07) is 4.51. The second-order valence-corrected chi connectivity index (χ2v) is 4.54. The molecule has 0 saturated carbocycles. The highest BCUT2D eigenvalue weighted by atomic mass is 35.5. The van der Waals surface area contributed by atoms with Crippen molar-refractivity contribution in [2.24, 2.45) is 0 Å². The molecule has 1 aromatic rings. The van der Waals surface area contributed by atoms with Crippen LogP contribution in [0.3, 0.4) is 0 Å². The molecule has 19 heavy (non-hydrogen) atoms. The van der Waals surface area contributed by atoms with Gasteiger partial charge in [-0.3, -0.25) is 0 Å². The van der Waals surface area contributed by atoms with E-state index in [9.17, 15) is 15.3 Å². The van der Waals surface area contributed by atoms with E-state index in [4.69, 9.17) is 27.6 Å². The summed E-state index contributed by atoms with van der Waals surface area (Å²) in [5.74, 6) is 0.100. The molecule has 4 N–H and O–H groups in total. The van der Waals surface area contributed by atoms with Crippen LogP contribution in [0, 0.1) is 0 Å². The van der Waals surface area contributed by atoms with Gasteiger partial charge in [-0.05, 0) is 12.1 Å². The molecule has 2 rings (SSSR count). The lowest BCUT2D eigenvalue weighted by Gasteiger charge is -2.39. The number of hydrogen-bond donors (Lipinski definition) is 4. The van der Waals surface area contributed by atoms with Crippen molar-refractivity contribution < 1.29 is 31.3 Å². The molecule has 7 heteroatoms. The van der Waals surface area contributed by atoms with E-state index in [1.165, 1.54) is 18.2 Å². The Morgan fingerprint density at radius 1 is 1.26 bits per heavy atom. The zero-order valence-electron chi connectivity index (χ0n) is 10.8. The van der Waals surface area contributed by atoms with Crippen LogP contribution in [-0.4, -0.2) is 57.7 Å². The second-order valence-electron chi connectivity index (χ2n) is 4.16. The fourth-order valence-corrected chi connectivity index (χ4v) is 1.95. The number of para-hydroxylation sites is 1. The Balaban J connectivity index is 2.17. The summed E-state index contributed by atoms with van der Waals surface area (Å²) in [6.07, 6.45) is -6.86. The quantitative estimate of drug-likeness (QED) is 0.600. The second kappa shape index (κ2) is 6.04. The van der Waals surface area contributed by atoms with Crippen molar-refractivity contribution in [3.8, 4) is 5.75 Å². The minimum atomic E-state index is -1.52. The Hall–Kier alpha value is -0.890. The van der Waals surface area contributed by atoms with Crippen molar-refractivity contribution in [1.29, 1.82) is 0 Å². The molecule has 0 radical (unpaired) electrons.